The summed E-state index contributed by atoms with van der Waals surface area (Å²) in [4.78, 5) is 17.5. The van der Waals surface area contributed by atoms with Gasteiger partial charge in [0.2, 0.25) is 0 Å². The molecule has 0 amide bonds. The van der Waals surface area contributed by atoms with E-state index in [-0.39, 0.29) is 41.4 Å². The molecular formula is C24H35Cl2N2O3S+. The van der Waals surface area contributed by atoms with Crippen molar-refractivity contribution in [3.05, 3.63) is 59.9 Å². The lowest BCUT2D eigenvalue weighted by Gasteiger charge is -2.44. The fourth-order valence-corrected chi connectivity index (χ4v) is 5.08. The first-order valence-corrected chi connectivity index (χ1v) is 12.8. The highest BCUT2D eigenvalue weighted by molar-refractivity contribution is 7.90. The Bertz CT molecular complexity index is 943. The van der Waals surface area contributed by atoms with Gasteiger partial charge in [-0.25, -0.2) is 8.42 Å². The van der Waals surface area contributed by atoms with Crippen molar-refractivity contribution >= 4 is 40.4 Å². The third-order valence-corrected chi connectivity index (χ3v) is 7.55. The lowest BCUT2D eigenvalue weighted by Crippen LogP contribution is -2.55. The number of benzene rings is 1. The summed E-state index contributed by atoms with van der Waals surface area (Å²) in [6.07, 6.45) is 10.1. The standard InChI is InChI=1S/C24H33N2O3S.2ClH/c1-3-4-15-26(16-11-20-6-5-14-25-19-20)17-12-22(13-18-26)24(27)21-7-9-23(10-8-21)30(2,28)29;;/h5-10,14,19,22H,3-4,11-13,15-18H2,1-2H3;2*1H/q+1;;. The van der Waals surface area contributed by atoms with Gasteiger partial charge >= 0.3 is 0 Å². The van der Waals surface area contributed by atoms with Crippen LogP contribution >= 0.6 is 24.8 Å². The number of ketones is 1. The van der Waals surface area contributed by atoms with Crippen LogP contribution in [0.4, 0.5) is 0 Å². The van der Waals surface area contributed by atoms with Gasteiger partial charge in [-0.1, -0.05) is 31.5 Å². The van der Waals surface area contributed by atoms with Crippen molar-refractivity contribution in [1.29, 1.82) is 0 Å². The smallest absolute Gasteiger partial charge is 0.175 e. The molecule has 3 rings (SSSR count). The van der Waals surface area contributed by atoms with Gasteiger partial charge in [-0.05, 0) is 30.2 Å². The fraction of sp³-hybridized carbons (Fsp3) is 0.500. The Hall–Kier alpha value is -1.47. The Morgan fingerprint density at radius 1 is 1.06 bits per heavy atom. The van der Waals surface area contributed by atoms with E-state index in [1.807, 2.05) is 18.5 Å². The van der Waals surface area contributed by atoms with E-state index in [0.717, 1.165) is 43.4 Å². The minimum absolute atomic E-state index is 0. The molecule has 2 aromatic rings. The van der Waals surface area contributed by atoms with Crippen molar-refractivity contribution in [2.75, 3.05) is 32.4 Å². The molecule has 0 aliphatic carbocycles. The number of likely N-dealkylation sites (tertiary alicyclic amines) is 1. The topological polar surface area (TPSA) is 64.1 Å². The van der Waals surface area contributed by atoms with Crippen LogP contribution in [0.5, 0.6) is 0 Å². The van der Waals surface area contributed by atoms with Crippen LogP contribution in [-0.4, -0.2) is 56.1 Å². The molecule has 1 saturated heterocycles. The van der Waals surface area contributed by atoms with Crippen LogP contribution in [0, 0.1) is 5.92 Å². The Morgan fingerprint density at radius 3 is 2.25 bits per heavy atom. The van der Waals surface area contributed by atoms with Gasteiger partial charge in [0, 0.05) is 49.4 Å². The molecule has 0 unspecified atom stereocenters. The monoisotopic (exact) mass is 501 g/mol. The molecule has 2 heterocycles. The third kappa shape index (κ3) is 7.55. The van der Waals surface area contributed by atoms with Crippen molar-refractivity contribution in [1.82, 2.24) is 4.98 Å². The van der Waals surface area contributed by atoms with E-state index in [9.17, 15) is 13.2 Å². The number of pyridine rings is 1. The average molecular weight is 503 g/mol. The van der Waals surface area contributed by atoms with E-state index in [1.54, 1.807) is 24.3 Å². The van der Waals surface area contributed by atoms with Crippen LogP contribution in [0.3, 0.4) is 0 Å². The number of carbonyl (C=O) groups is 1. The minimum atomic E-state index is -3.24. The number of quaternary nitrogens is 1. The van der Waals surface area contributed by atoms with E-state index in [1.165, 1.54) is 31.2 Å². The number of piperidine rings is 1. The van der Waals surface area contributed by atoms with E-state index < -0.39 is 9.84 Å². The zero-order valence-corrected chi connectivity index (χ0v) is 21.4. The molecule has 0 atom stereocenters. The number of nitrogens with zero attached hydrogens (tertiary/aromatic N) is 2. The average Bonchev–Trinajstić information content (AvgIpc) is 2.77. The Labute approximate surface area is 205 Å². The second-order valence-electron chi connectivity index (χ2n) is 8.64. The van der Waals surface area contributed by atoms with Crippen LogP contribution in [0.2, 0.25) is 0 Å². The SMILES string of the molecule is CCCC[N+]1(CCc2cccnc2)CCC(C(=O)c2ccc(S(C)(=O)=O)cc2)CC1.Cl.Cl. The van der Waals surface area contributed by atoms with Gasteiger partial charge in [-0.2, -0.15) is 0 Å². The molecule has 0 N–H and O–H groups in total. The summed E-state index contributed by atoms with van der Waals surface area (Å²) >= 11 is 0. The number of Topliss-reactive ketones (excluding diaryl/α,β-unsaturated/α-hetero) is 1. The first kappa shape index (κ1) is 28.6. The predicted octanol–water partition coefficient (Wildman–Crippen LogP) is 4.78. The molecule has 1 aromatic carbocycles. The second kappa shape index (κ2) is 12.7. The number of aromatic nitrogens is 1. The molecule has 178 valence electrons. The van der Waals surface area contributed by atoms with Crippen molar-refractivity contribution in [2.24, 2.45) is 5.92 Å². The number of sulfone groups is 1. The van der Waals surface area contributed by atoms with Crippen molar-refractivity contribution in [2.45, 2.75) is 43.9 Å². The maximum Gasteiger partial charge on any atom is 0.175 e. The third-order valence-electron chi connectivity index (χ3n) is 6.43. The first-order chi connectivity index (χ1) is 14.3. The number of unbranched alkanes of at least 4 members (excludes halogenated alkanes) is 1. The lowest BCUT2D eigenvalue weighted by molar-refractivity contribution is -0.933. The maximum absolute atomic E-state index is 13.0. The summed E-state index contributed by atoms with van der Waals surface area (Å²) in [6.45, 7) is 6.54. The van der Waals surface area contributed by atoms with Gasteiger partial charge < -0.3 is 4.48 Å². The molecule has 1 aliphatic heterocycles. The maximum atomic E-state index is 13.0. The molecule has 0 bridgehead atoms. The van der Waals surface area contributed by atoms with E-state index in [4.69, 9.17) is 0 Å². The minimum Gasteiger partial charge on any atom is -0.323 e. The molecule has 8 heteroatoms. The van der Waals surface area contributed by atoms with E-state index >= 15 is 0 Å². The number of carbonyl (C=O) groups excluding carboxylic acids is 1. The molecule has 0 spiro atoms. The van der Waals surface area contributed by atoms with Gasteiger partial charge in [0.15, 0.2) is 15.6 Å². The zero-order valence-electron chi connectivity index (χ0n) is 18.9. The normalized spacial score (nSPS) is 20.6. The summed E-state index contributed by atoms with van der Waals surface area (Å²) in [5.41, 5.74) is 1.90. The summed E-state index contributed by atoms with van der Waals surface area (Å²) in [7, 11) is -3.24. The molecule has 0 saturated carbocycles. The number of hydrogen-bond donors (Lipinski definition) is 0. The van der Waals surface area contributed by atoms with Crippen LogP contribution in [0.25, 0.3) is 0 Å². The van der Waals surface area contributed by atoms with Gasteiger partial charge in [-0.3, -0.25) is 9.78 Å². The van der Waals surface area contributed by atoms with Crippen molar-refractivity contribution in [3.8, 4) is 0 Å². The molecule has 32 heavy (non-hydrogen) atoms. The van der Waals surface area contributed by atoms with Crippen LogP contribution in [-0.2, 0) is 16.3 Å². The second-order valence-corrected chi connectivity index (χ2v) is 10.7. The molecule has 0 radical (unpaired) electrons. The highest BCUT2D eigenvalue weighted by Crippen LogP contribution is 2.28. The largest absolute Gasteiger partial charge is 0.323 e. The number of rotatable bonds is 9. The van der Waals surface area contributed by atoms with Crippen LogP contribution < -0.4 is 0 Å². The number of halogens is 2. The quantitative estimate of drug-likeness (QED) is 0.366. The van der Waals surface area contributed by atoms with E-state index in [0.29, 0.717) is 5.56 Å². The van der Waals surface area contributed by atoms with Crippen molar-refractivity contribution < 1.29 is 17.7 Å². The highest BCUT2D eigenvalue weighted by atomic mass is 35.5. The predicted molar refractivity (Wildman–Crippen MR) is 134 cm³/mol. The van der Waals surface area contributed by atoms with Gasteiger partial charge in [0.25, 0.3) is 0 Å². The lowest BCUT2D eigenvalue weighted by atomic mass is 9.87. The summed E-state index contributed by atoms with van der Waals surface area (Å²) in [5, 5.41) is 0. The van der Waals surface area contributed by atoms with E-state index in [2.05, 4.69) is 18.0 Å². The highest BCUT2D eigenvalue weighted by Gasteiger charge is 2.36. The Kier molecular flexibility index (Phi) is 11.3. The fourth-order valence-electron chi connectivity index (χ4n) is 4.44. The molecular weight excluding hydrogens is 467 g/mol. The Morgan fingerprint density at radius 2 is 1.72 bits per heavy atom. The van der Waals surface area contributed by atoms with Crippen LogP contribution in [0.15, 0.2) is 53.7 Å². The molecule has 5 nitrogen and oxygen atoms in total. The molecule has 1 aliphatic rings. The summed E-state index contributed by atoms with van der Waals surface area (Å²) in [6, 6.07) is 10.5. The Balaban J connectivity index is 0.00000256. The molecule has 1 fully saturated rings. The van der Waals surface area contributed by atoms with Gasteiger partial charge in [-0.15, -0.1) is 24.8 Å². The van der Waals surface area contributed by atoms with Crippen molar-refractivity contribution in [3.63, 3.8) is 0 Å². The van der Waals surface area contributed by atoms with Gasteiger partial charge in [0.05, 0.1) is 31.1 Å². The summed E-state index contributed by atoms with van der Waals surface area (Å²) < 4.78 is 24.4. The first-order valence-electron chi connectivity index (χ1n) is 10.9. The number of hydrogen-bond acceptors (Lipinski definition) is 4. The summed E-state index contributed by atoms with van der Waals surface area (Å²) in [5.74, 6) is 0.177. The zero-order chi connectivity index (χ0) is 21.6. The van der Waals surface area contributed by atoms with Gasteiger partial charge in [0.1, 0.15) is 0 Å². The molecule has 1 aromatic heterocycles. The van der Waals surface area contributed by atoms with Crippen LogP contribution in [0.1, 0.15) is 48.5 Å².